The van der Waals surface area contributed by atoms with E-state index in [1.54, 1.807) is 6.92 Å². The highest BCUT2D eigenvalue weighted by Gasteiger charge is 2.26. The third-order valence-electron chi connectivity index (χ3n) is 2.36. The van der Waals surface area contributed by atoms with Crippen LogP contribution in [0.4, 0.5) is 27.6 Å². The molecule has 1 aromatic carbocycles. The fraction of sp³-hybridized carbons (Fsp3) is 0.455. The van der Waals surface area contributed by atoms with Gasteiger partial charge in [-0.05, 0) is 25.4 Å². The molecule has 1 aromatic rings. The first-order chi connectivity index (χ1) is 8.40. The third kappa shape index (κ3) is 3.07. The second-order valence-electron chi connectivity index (χ2n) is 3.77. The summed E-state index contributed by atoms with van der Waals surface area (Å²) in [5.74, 6) is -8.97. The van der Waals surface area contributed by atoms with Crippen LogP contribution in [-0.2, 0) is 0 Å². The molecule has 102 valence electrons. The highest BCUT2D eigenvalue weighted by atomic mass is 32.2. The molecule has 1 N–H and O–H groups in total. The number of nitrogens with one attached hydrogen (secondary N) is 1. The summed E-state index contributed by atoms with van der Waals surface area (Å²) in [6.07, 6.45) is 2.39. The van der Waals surface area contributed by atoms with E-state index in [4.69, 9.17) is 0 Å². The van der Waals surface area contributed by atoms with Crippen molar-refractivity contribution in [2.45, 2.75) is 19.4 Å². The number of rotatable bonds is 5. The van der Waals surface area contributed by atoms with Gasteiger partial charge < -0.3 is 5.32 Å². The van der Waals surface area contributed by atoms with Crippen molar-refractivity contribution in [1.29, 1.82) is 0 Å². The molecule has 0 aromatic heterocycles. The zero-order valence-electron chi connectivity index (χ0n) is 9.79. The quantitative estimate of drug-likeness (QED) is 0.499. The normalized spacial score (nSPS) is 12.6. The number of anilines is 1. The predicted octanol–water partition coefficient (Wildman–Crippen LogP) is 3.94. The highest BCUT2D eigenvalue weighted by molar-refractivity contribution is 7.98. The lowest BCUT2D eigenvalue weighted by atomic mass is 10.2. The molecule has 1 nitrogen and oxygen atoms in total. The van der Waals surface area contributed by atoms with Crippen LogP contribution in [0.5, 0.6) is 0 Å². The topological polar surface area (TPSA) is 12.0 Å². The molecule has 0 fully saturated rings. The first-order valence-electron chi connectivity index (χ1n) is 5.17. The minimum Gasteiger partial charge on any atom is -0.378 e. The predicted molar refractivity (Wildman–Crippen MR) is 62.3 cm³/mol. The van der Waals surface area contributed by atoms with E-state index >= 15 is 0 Å². The number of benzene rings is 1. The van der Waals surface area contributed by atoms with Gasteiger partial charge in [0.05, 0.1) is 0 Å². The number of hydrogen-bond donors (Lipinski definition) is 1. The van der Waals surface area contributed by atoms with Gasteiger partial charge >= 0.3 is 0 Å². The molecule has 1 rings (SSSR count). The van der Waals surface area contributed by atoms with Crippen LogP contribution >= 0.6 is 11.8 Å². The van der Waals surface area contributed by atoms with Crippen LogP contribution in [-0.4, -0.2) is 18.1 Å². The fourth-order valence-electron chi connectivity index (χ4n) is 1.34. The molecule has 0 radical (unpaired) electrons. The molecule has 0 aliphatic carbocycles. The molecule has 0 aliphatic heterocycles. The van der Waals surface area contributed by atoms with Crippen LogP contribution in [0.3, 0.4) is 0 Å². The Kier molecular flexibility index (Phi) is 5.25. The van der Waals surface area contributed by atoms with Crippen LogP contribution in [0, 0.1) is 29.1 Å². The monoisotopic (exact) mass is 285 g/mol. The van der Waals surface area contributed by atoms with Crippen molar-refractivity contribution in [2.75, 3.05) is 17.3 Å². The first kappa shape index (κ1) is 15.1. The number of hydrogen-bond acceptors (Lipinski definition) is 2. The van der Waals surface area contributed by atoms with E-state index in [0.717, 1.165) is 0 Å². The second kappa shape index (κ2) is 6.26. The molecular weight excluding hydrogens is 273 g/mol. The average molecular weight is 285 g/mol. The van der Waals surface area contributed by atoms with Gasteiger partial charge in [-0.3, -0.25) is 0 Å². The van der Waals surface area contributed by atoms with Gasteiger partial charge in [0.25, 0.3) is 0 Å². The molecule has 18 heavy (non-hydrogen) atoms. The Bertz CT molecular complexity index is 409. The van der Waals surface area contributed by atoms with Crippen molar-refractivity contribution < 1.29 is 22.0 Å². The Morgan fingerprint density at radius 2 is 1.39 bits per heavy atom. The number of thioether (sulfide) groups is 1. The summed E-state index contributed by atoms with van der Waals surface area (Å²) in [6.45, 7) is 1.61. The Morgan fingerprint density at radius 1 is 0.944 bits per heavy atom. The van der Waals surface area contributed by atoms with E-state index in [2.05, 4.69) is 5.32 Å². The number of halogens is 5. The molecule has 1 atom stereocenters. The van der Waals surface area contributed by atoms with Crippen LogP contribution in [0.25, 0.3) is 0 Å². The molecule has 7 heteroatoms. The maximum atomic E-state index is 13.3. The Balaban J connectivity index is 3.02. The SMILES string of the molecule is CSCCC(C)Nc1c(F)c(F)c(F)c(F)c1F. The zero-order valence-corrected chi connectivity index (χ0v) is 10.6. The molecule has 0 amide bonds. The van der Waals surface area contributed by atoms with Crippen molar-refractivity contribution in [3.05, 3.63) is 29.1 Å². The molecule has 0 saturated carbocycles. The molecular formula is C11H12F5NS. The summed E-state index contributed by atoms with van der Waals surface area (Å²) in [5.41, 5.74) is -0.972. The molecule has 0 bridgehead atoms. The van der Waals surface area contributed by atoms with E-state index in [9.17, 15) is 22.0 Å². The molecule has 0 saturated heterocycles. The van der Waals surface area contributed by atoms with E-state index in [1.165, 1.54) is 11.8 Å². The Morgan fingerprint density at radius 3 is 1.83 bits per heavy atom. The zero-order chi connectivity index (χ0) is 13.9. The van der Waals surface area contributed by atoms with Crippen LogP contribution < -0.4 is 5.32 Å². The summed E-state index contributed by atoms with van der Waals surface area (Å²) >= 11 is 1.52. The minimum atomic E-state index is -2.15. The van der Waals surface area contributed by atoms with Crippen molar-refractivity contribution in [3.63, 3.8) is 0 Å². The molecule has 0 spiro atoms. The van der Waals surface area contributed by atoms with E-state index in [0.29, 0.717) is 12.2 Å². The van der Waals surface area contributed by atoms with Gasteiger partial charge in [-0.2, -0.15) is 11.8 Å². The van der Waals surface area contributed by atoms with Gasteiger partial charge in [0.2, 0.25) is 5.82 Å². The lowest BCUT2D eigenvalue weighted by Gasteiger charge is -2.16. The Hall–Kier alpha value is -0.980. The maximum Gasteiger partial charge on any atom is 0.200 e. The van der Waals surface area contributed by atoms with E-state index < -0.39 is 40.8 Å². The summed E-state index contributed by atoms with van der Waals surface area (Å²) in [6, 6.07) is -0.397. The summed E-state index contributed by atoms with van der Waals surface area (Å²) in [7, 11) is 0. The van der Waals surface area contributed by atoms with Crippen molar-refractivity contribution in [1.82, 2.24) is 0 Å². The van der Waals surface area contributed by atoms with Crippen LogP contribution in [0.2, 0.25) is 0 Å². The van der Waals surface area contributed by atoms with Gasteiger partial charge in [-0.25, -0.2) is 22.0 Å². The summed E-state index contributed by atoms with van der Waals surface area (Å²) in [4.78, 5) is 0. The van der Waals surface area contributed by atoms with Crippen LogP contribution in [0.1, 0.15) is 13.3 Å². The molecule has 1 unspecified atom stereocenters. The van der Waals surface area contributed by atoms with Gasteiger partial charge in [0, 0.05) is 6.04 Å². The van der Waals surface area contributed by atoms with E-state index in [-0.39, 0.29) is 0 Å². The minimum absolute atomic E-state index is 0.397. The standard InChI is InChI=1S/C11H12F5NS/c1-5(3-4-18-2)17-11-9(15)7(13)6(12)8(14)10(11)16/h5,17H,3-4H2,1-2H3. The van der Waals surface area contributed by atoms with E-state index in [1.807, 2.05) is 6.26 Å². The van der Waals surface area contributed by atoms with Gasteiger partial charge in [0.15, 0.2) is 23.3 Å². The third-order valence-corrected chi connectivity index (χ3v) is 3.00. The van der Waals surface area contributed by atoms with Gasteiger partial charge in [-0.1, -0.05) is 0 Å². The summed E-state index contributed by atoms with van der Waals surface area (Å²) < 4.78 is 65.2. The van der Waals surface area contributed by atoms with Crippen molar-refractivity contribution in [3.8, 4) is 0 Å². The van der Waals surface area contributed by atoms with Gasteiger partial charge in [-0.15, -0.1) is 0 Å². The maximum absolute atomic E-state index is 13.3. The first-order valence-corrected chi connectivity index (χ1v) is 6.56. The lowest BCUT2D eigenvalue weighted by molar-refractivity contribution is 0.380. The van der Waals surface area contributed by atoms with Gasteiger partial charge in [0.1, 0.15) is 5.69 Å². The smallest absolute Gasteiger partial charge is 0.200 e. The lowest BCUT2D eigenvalue weighted by Crippen LogP contribution is -2.19. The average Bonchev–Trinajstić information content (AvgIpc) is 2.36. The Labute approximate surface area is 106 Å². The fourth-order valence-corrected chi connectivity index (χ4v) is 1.93. The second-order valence-corrected chi connectivity index (χ2v) is 4.76. The largest absolute Gasteiger partial charge is 0.378 e. The highest BCUT2D eigenvalue weighted by Crippen LogP contribution is 2.27. The van der Waals surface area contributed by atoms with Crippen molar-refractivity contribution >= 4 is 17.4 Å². The molecule has 0 aliphatic rings. The van der Waals surface area contributed by atoms with Crippen molar-refractivity contribution in [2.24, 2.45) is 0 Å². The summed E-state index contributed by atoms with van der Waals surface area (Å²) in [5, 5.41) is 2.31. The van der Waals surface area contributed by atoms with Crippen LogP contribution in [0.15, 0.2) is 0 Å². The molecule has 0 heterocycles.